The summed E-state index contributed by atoms with van der Waals surface area (Å²) in [6.07, 6.45) is 5.57. The molecule has 4 aromatic rings. The molecule has 126 valence electrons. The van der Waals surface area contributed by atoms with Crippen LogP contribution >= 0.6 is 22.9 Å². The van der Waals surface area contributed by atoms with Crippen LogP contribution in [-0.2, 0) is 13.6 Å². The molecule has 0 radical (unpaired) electrons. The van der Waals surface area contributed by atoms with Gasteiger partial charge in [0.15, 0.2) is 10.8 Å². The zero-order chi connectivity index (χ0) is 17.2. The SMILES string of the molecule is Cn1cc(-c2nnc(Nc3ccn(Cc4ccccc4Cl)n3)s2)cn1. The number of halogens is 1. The van der Waals surface area contributed by atoms with Gasteiger partial charge in [-0.25, -0.2) is 0 Å². The number of nitrogens with zero attached hydrogens (tertiary/aromatic N) is 6. The molecule has 4 rings (SSSR count). The Hall–Kier alpha value is -2.71. The third kappa shape index (κ3) is 3.54. The predicted octanol–water partition coefficient (Wildman–Crippen LogP) is 3.58. The Balaban J connectivity index is 1.46. The van der Waals surface area contributed by atoms with Crippen molar-refractivity contribution in [1.82, 2.24) is 29.8 Å². The number of benzene rings is 1. The second kappa shape index (κ2) is 6.66. The second-order valence-electron chi connectivity index (χ2n) is 5.43. The topological polar surface area (TPSA) is 73.5 Å². The maximum Gasteiger partial charge on any atom is 0.211 e. The molecule has 3 aromatic heterocycles. The molecular weight excluding hydrogens is 358 g/mol. The highest BCUT2D eigenvalue weighted by Gasteiger charge is 2.10. The number of aromatic nitrogens is 6. The van der Waals surface area contributed by atoms with Crippen molar-refractivity contribution in [2.24, 2.45) is 7.05 Å². The van der Waals surface area contributed by atoms with Crippen LogP contribution in [0.5, 0.6) is 0 Å². The molecule has 0 bridgehead atoms. The minimum Gasteiger partial charge on any atom is -0.313 e. The number of hydrogen-bond donors (Lipinski definition) is 1. The Labute approximate surface area is 152 Å². The molecule has 7 nitrogen and oxygen atoms in total. The van der Waals surface area contributed by atoms with Crippen molar-refractivity contribution in [3.63, 3.8) is 0 Å². The Morgan fingerprint density at radius 1 is 1.20 bits per heavy atom. The first-order chi connectivity index (χ1) is 12.2. The summed E-state index contributed by atoms with van der Waals surface area (Å²) in [4.78, 5) is 0. The van der Waals surface area contributed by atoms with E-state index in [0.717, 1.165) is 21.2 Å². The minimum atomic E-state index is 0.610. The van der Waals surface area contributed by atoms with Crippen LogP contribution in [0.25, 0.3) is 10.6 Å². The summed E-state index contributed by atoms with van der Waals surface area (Å²) in [6.45, 7) is 0.610. The fourth-order valence-electron chi connectivity index (χ4n) is 2.35. The average molecular weight is 372 g/mol. The van der Waals surface area contributed by atoms with Gasteiger partial charge in [-0.15, -0.1) is 10.2 Å². The van der Waals surface area contributed by atoms with Gasteiger partial charge in [0.05, 0.1) is 18.3 Å². The molecule has 3 heterocycles. The molecule has 0 saturated carbocycles. The monoisotopic (exact) mass is 371 g/mol. The maximum absolute atomic E-state index is 6.19. The fraction of sp³-hybridized carbons (Fsp3) is 0.125. The van der Waals surface area contributed by atoms with Crippen molar-refractivity contribution in [3.8, 4) is 10.6 Å². The van der Waals surface area contributed by atoms with Crippen LogP contribution in [-0.4, -0.2) is 29.8 Å². The number of nitrogens with one attached hydrogen (secondary N) is 1. The van der Waals surface area contributed by atoms with Crippen LogP contribution in [0.2, 0.25) is 5.02 Å². The highest BCUT2D eigenvalue weighted by atomic mass is 35.5. The number of aryl methyl sites for hydroxylation is 1. The van der Waals surface area contributed by atoms with Crippen LogP contribution in [0, 0.1) is 0 Å². The van der Waals surface area contributed by atoms with E-state index < -0.39 is 0 Å². The van der Waals surface area contributed by atoms with Crippen molar-refractivity contribution < 1.29 is 0 Å². The highest BCUT2D eigenvalue weighted by molar-refractivity contribution is 7.18. The van der Waals surface area contributed by atoms with Gasteiger partial charge in [-0.1, -0.05) is 41.1 Å². The summed E-state index contributed by atoms with van der Waals surface area (Å²) in [5.74, 6) is 0.709. The number of anilines is 2. The van der Waals surface area contributed by atoms with Crippen LogP contribution < -0.4 is 5.32 Å². The van der Waals surface area contributed by atoms with E-state index in [1.54, 1.807) is 10.9 Å². The number of hydrogen-bond acceptors (Lipinski definition) is 6. The molecule has 1 N–H and O–H groups in total. The highest BCUT2D eigenvalue weighted by Crippen LogP contribution is 2.27. The van der Waals surface area contributed by atoms with Gasteiger partial charge in [0, 0.05) is 30.5 Å². The van der Waals surface area contributed by atoms with Gasteiger partial charge >= 0.3 is 0 Å². The van der Waals surface area contributed by atoms with Crippen molar-refractivity contribution >= 4 is 33.9 Å². The minimum absolute atomic E-state index is 0.610. The zero-order valence-electron chi connectivity index (χ0n) is 13.3. The molecule has 0 unspecified atom stereocenters. The van der Waals surface area contributed by atoms with Gasteiger partial charge in [-0.2, -0.15) is 10.2 Å². The van der Waals surface area contributed by atoms with Gasteiger partial charge in [0.2, 0.25) is 5.13 Å². The Kier molecular flexibility index (Phi) is 4.21. The molecule has 1 aromatic carbocycles. The van der Waals surface area contributed by atoms with E-state index in [1.807, 2.05) is 54.5 Å². The normalized spacial score (nSPS) is 11.0. The van der Waals surface area contributed by atoms with Crippen molar-refractivity contribution in [1.29, 1.82) is 0 Å². The summed E-state index contributed by atoms with van der Waals surface area (Å²) in [5.41, 5.74) is 1.96. The largest absolute Gasteiger partial charge is 0.313 e. The Morgan fingerprint density at radius 2 is 2.08 bits per heavy atom. The van der Waals surface area contributed by atoms with E-state index >= 15 is 0 Å². The molecule has 0 amide bonds. The third-order valence-corrected chi connectivity index (χ3v) is 4.80. The van der Waals surface area contributed by atoms with Gasteiger partial charge in [-0.3, -0.25) is 9.36 Å². The molecule has 0 spiro atoms. The van der Waals surface area contributed by atoms with Crippen molar-refractivity contribution in [2.75, 3.05) is 5.32 Å². The van der Waals surface area contributed by atoms with E-state index in [9.17, 15) is 0 Å². The second-order valence-corrected chi connectivity index (χ2v) is 6.81. The number of rotatable bonds is 5. The van der Waals surface area contributed by atoms with Crippen LogP contribution in [0.3, 0.4) is 0 Å². The van der Waals surface area contributed by atoms with Crippen molar-refractivity contribution in [2.45, 2.75) is 6.54 Å². The summed E-state index contributed by atoms with van der Waals surface area (Å²) in [5, 5.41) is 22.4. The lowest BCUT2D eigenvalue weighted by molar-refractivity contribution is 0.690. The molecule has 0 aliphatic rings. The van der Waals surface area contributed by atoms with E-state index in [0.29, 0.717) is 17.5 Å². The fourth-order valence-corrected chi connectivity index (χ4v) is 3.27. The van der Waals surface area contributed by atoms with E-state index in [1.165, 1.54) is 11.3 Å². The van der Waals surface area contributed by atoms with Crippen LogP contribution in [0.15, 0.2) is 48.9 Å². The molecule has 0 fully saturated rings. The molecular formula is C16H14ClN7S. The summed E-state index contributed by atoms with van der Waals surface area (Å²) in [7, 11) is 1.87. The zero-order valence-corrected chi connectivity index (χ0v) is 14.9. The van der Waals surface area contributed by atoms with Gasteiger partial charge in [0.1, 0.15) is 0 Å². The van der Waals surface area contributed by atoms with Gasteiger partial charge < -0.3 is 5.32 Å². The lowest BCUT2D eigenvalue weighted by atomic mass is 10.2. The quantitative estimate of drug-likeness (QED) is 0.580. The summed E-state index contributed by atoms with van der Waals surface area (Å²) < 4.78 is 3.56. The van der Waals surface area contributed by atoms with Gasteiger partial charge in [0.25, 0.3) is 0 Å². The van der Waals surface area contributed by atoms with Crippen LogP contribution in [0.4, 0.5) is 10.9 Å². The van der Waals surface area contributed by atoms with Crippen molar-refractivity contribution in [3.05, 3.63) is 59.5 Å². The standard InChI is InChI=1S/C16H14ClN7S/c1-23-9-12(8-18-23)15-20-21-16(25-15)19-14-6-7-24(22-14)10-11-4-2-3-5-13(11)17/h2-9H,10H2,1H3,(H,19,21,22). The third-order valence-electron chi connectivity index (χ3n) is 3.54. The van der Waals surface area contributed by atoms with E-state index in [4.69, 9.17) is 11.6 Å². The van der Waals surface area contributed by atoms with E-state index in [2.05, 4.69) is 25.7 Å². The first-order valence-electron chi connectivity index (χ1n) is 7.54. The maximum atomic E-state index is 6.19. The molecule has 0 saturated heterocycles. The molecule has 0 aliphatic carbocycles. The first-order valence-corrected chi connectivity index (χ1v) is 8.73. The lowest BCUT2D eigenvalue weighted by Crippen LogP contribution is -2.01. The summed E-state index contributed by atoms with van der Waals surface area (Å²) in [6, 6.07) is 9.63. The van der Waals surface area contributed by atoms with Gasteiger partial charge in [-0.05, 0) is 11.6 Å². The average Bonchev–Trinajstić information content (AvgIpc) is 3.32. The molecule has 25 heavy (non-hydrogen) atoms. The lowest BCUT2D eigenvalue weighted by Gasteiger charge is -2.04. The smallest absolute Gasteiger partial charge is 0.211 e. The Morgan fingerprint density at radius 3 is 2.88 bits per heavy atom. The molecule has 0 atom stereocenters. The summed E-state index contributed by atoms with van der Waals surface area (Å²) >= 11 is 7.65. The predicted molar refractivity (Wildman–Crippen MR) is 98.2 cm³/mol. The first kappa shape index (κ1) is 15.8. The Bertz CT molecular complexity index is 1000. The van der Waals surface area contributed by atoms with Crippen LogP contribution in [0.1, 0.15) is 5.56 Å². The van der Waals surface area contributed by atoms with E-state index in [-0.39, 0.29) is 0 Å². The molecule has 0 aliphatic heterocycles. The molecule has 9 heteroatoms.